The van der Waals surface area contributed by atoms with Gasteiger partial charge in [0, 0.05) is 22.0 Å². The van der Waals surface area contributed by atoms with E-state index in [-0.39, 0.29) is 5.65 Å². The fraction of sp³-hybridized carbons (Fsp3) is 0.250. The largest absolute Gasteiger partial charge is 0.433 e. The maximum absolute atomic E-state index is 12.9. The number of aryl methyl sites for hydroxylation is 1. The molecule has 0 aliphatic rings. The van der Waals surface area contributed by atoms with Gasteiger partial charge in [0.15, 0.2) is 5.65 Å². The van der Waals surface area contributed by atoms with E-state index in [9.17, 15) is 13.2 Å². The molecule has 0 N–H and O–H groups in total. The highest BCUT2D eigenvalue weighted by atomic mass is 79.9. The molecule has 0 aliphatic heterocycles. The lowest BCUT2D eigenvalue weighted by molar-refractivity contribution is -0.141. The van der Waals surface area contributed by atoms with Gasteiger partial charge in [-0.2, -0.15) is 13.2 Å². The highest BCUT2D eigenvalue weighted by molar-refractivity contribution is 9.10. The van der Waals surface area contributed by atoms with E-state index in [1.165, 1.54) is 6.07 Å². The Morgan fingerprint density at radius 2 is 1.92 bits per heavy atom. The van der Waals surface area contributed by atoms with Gasteiger partial charge in [-0.15, -0.1) is 11.8 Å². The Bertz CT molecular complexity index is 905. The topological polar surface area (TPSA) is 30.7 Å². The van der Waals surface area contributed by atoms with E-state index in [2.05, 4.69) is 25.9 Å². The fourth-order valence-electron chi connectivity index (χ4n) is 2.42. The van der Waals surface area contributed by atoms with Gasteiger partial charge in [-0.05, 0) is 36.1 Å². The number of thioether (sulfide) groups is 1. The van der Waals surface area contributed by atoms with Gasteiger partial charge in [-0.1, -0.05) is 22.9 Å². The minimum Gasteiger partial charge on any atom is -0.312 e. The monoisotopic (exact) mass is 415 g/mol. The molecule has 3 aromatic rings. The van der Waals surface area contributed by atoms with E-state index in [1.807, 2.05) is 25.1 Å². The van der Waals surface area contributed by atoms with Gasteiger partial charge in [-0.3, -0.25) is 0 Å². The van der Waals surface area contributed by atoms with Gasteiger partial charge in [0.2, 0.25) is 0 Å². The van der Waals surface area contributed by atoms with Crippen molar-refractivity contribution < 1.29 is 13.2 Å². The number of aromatic nitrogens is 3. The fourth-order valence-corrected chi connectivity index (χ4v) is 3.77. The number of nitrogens with zero attached hydrogens (tertiary/aromatic N) is 3. The first kappa shape index (κ1) is 17.3. The van der Waals surface area contributed by atoms with Crippen molar-refractivity contribution in [1.29, 1.82) is 0 Å². The molecular weight excluding hydrogens is 403 g/mol. The number of rotatable bonds is 3. The number of hydrogen-bond acceptors (Lipinski definition) is 3. The van der Waals surface area contributed by atoms with Gasteiger partial charge < -0.3 is 4.57 Å². The van der Waals surface area contributed by atoms with E-state index in [0.717, 1.165) is 26.8 Å². The maximum Gasteiger partial charge on any atom is 0.433 e. The summed E-state index contributed by atoms with van der Waals surface area (Å²) in [6.07, 6.45) is -4.47. The molecule has 0 atom stereocenters. The summed E-state index contributed by atoms with van der Waals surface area (Å²) in [5.74, 6) is 1.48. The van der Waals surface area contributed by atoms with Crippen LogP contribution in [0.25, 0.3) is 22.6 Å². The van der Waals surface area contributed by atoms with Crippen molar-refractivity contribution in [3.05, 3.63) is 40.5 Å². The summed E-state index contributed by atoms with van der Waals surface area (Å²) in [5, 5.41) is 0. The lowest BCUT2D eigenvalue weighted by Crippen LogP contribution is -2.08. The van der Waals surface area contributed by atoms with Crippen LogP contribution >= 0.6 is 27.7 Å². The summed E-state index contributed by atoms with van der Waals surface area (Å²) in [6.45, 7) is 2.04. The van der Waals surface area contributed by atoms with Crippen LogP contribution in [0.4, 0.5) is 13.2 Å². The van der Waals surface area contributed by atoms with Crippen LogP contribution in [0.3, 0.4) is 0 Å². The van der Waals surface area contributed by atoms with Crippen LogP contribution in [0.15, 0.2) is 39.7 Å². The zero-order valence-corrected chi connectivity index (χ0v) is 15.3. The molecule has 0 amide bonds. The van der Waals surface area contributed by atoms with Crippen LogP contribution in [0.2, 0.25) is 0 Å². The highest BCUT2D eigenvalue weighted by Gasteiger charge is 2.33. The van der Waals surface area contributed by atoms with E-state index < -0.39 is 11.9 Å². The SMILES string of the molecule is CCSc1cc(Br)ccc1-c1nc2ccc(C(F)(F)F)nc2n1C. The standard InChI is InChI=1S/C16H13BrF3N3S/c1-3-24-12-8-9(17)4-5-10(12)14-21-11-6-7-13(16(18,19)20)22-15(11)23(14)2/h4-8H,3H2,1-2H3. The van der Waals surface area contributed by atoms with E-state index >= 15 is 0 Å². The van der Waals surface area contributed by atoms with Crippen LogP contribution in [-0.2, 0) is 13.2 Å². The molecule has 126 valence electrons. The lowest BCUT2D eigenvalue weighted by Gasteiger charge is -2.09. The Balaban J connectivity index is 2.19. The predicted octanol–water partition coefficient (Wildman–Crippen LogP) is 5.53. The Labute approximate surface area is 149 Å². The third kappa shape index (κ3) is 3.17. The first-order valence-corrected chi connectivity index (χ1v) is 8.92. The first-order valence-electron chi connectivity index (χ1n) is 7.14. The highest BCUT2D eigenvalue weighted by Crippen LogP contribution is 2.35. The number of pyridine rings is 1. The van der Waals surface area contributed by atoms with E-state index in [0.29, 0.717) is 11.3 Å². The third-order valence-electron chi connectivity index (χ3n) is 3.49. The normalized spacial score (nSPS) is 12.1. The predicted molar refractivity (Wildman–Crippen MR) is 93.0 cm³/mol. The summed E-state index contributed by atoms with van der Waals surface area (Å²) < 4.78 is 41.2. The molecule has 0 spiro atoms. The van der Waals surface area contributed by atoms with E-state index in [1.54, 1.807) is 23.4 Å². The second kappa shape index (κ2) is 6.40. The second-order valence-electron chi connectivity index (χ2n) is 5.10. The van der Waals surface area contributed by atoms with Crippen LogP contribution in [0.5, 0.6) is 0 Å². The van der Waals surface area contributed by atoms with Crippen molar-refractivity contribution in [3.8, 4) is 11.4 Å². The van der Waals surface area contributed by atoms with E-state index in [4.69, 9.17) is 0 Å². The molecule has 0 radical (unpaired) electrons. The second-order valence-corrected chi connectivity index (χ2v) is 7.33. The van der Waals surface area contributed by atoms with Gasteiger partial charge in [0.1, 0.15) is 17.0 Å². The van der Waals surface area contributed by atoms with Crippen LogP contribution < -0.4 is 0 Å². The average Bonchev–Trinajstić information content (AvgIpc) is 2.84. The van der Waals surface area contributed by atoms with Crippen molar-refractivity contribution in [1.82, 2.24) is 14.5 Å². The molecule has 0 bridgehead atoms. The molecule has 2 aromatic heterocycles. The zero-order chi connectivity index (χ0) is 17.5. The van der Waals surface area contributed by atoms with Gasteiger partial charge in [0.05, 0.1) is 0 Å². The average molecular weight is 416 g/mol. The summed E-state index contributed by atoms with van der Waals surface area (Å²) in [6, 6.07) is 8.11. The molecule has 8 heteroatoms. The smallest absolute Gasteiger partial charge is 0.312 e. The third-order valence-corrected chi connectivity index (χ3v) is 4.92. The summed E-state index contributed by atoms with van der Waals surface area (Å²) in [7, 11) is 1.68. The molecule has 0 fully saturated rings. The van der Waals surface area contributed by atoms with Gasteiger partial charge in [0.25, 0.3) is 0 Å². The Hall–Kier alpha value is -1.54. The number of fused-ring (bicyclic) bond motifs is 1. The molecule has 24 heavy (non-hydrogen) atoms. The van der Waals surface area contributed by atoms with Gasteiger partial charge in [-0.25, -0.2) is 9.97 Å². The first-order chi connectivity index (χ1) is 11.3. The van der Waals surface area contributed by atoms with Crippen molar-refractivity contribution >= 4 is 38.9 Å². The number of hydrogen-bond donors (Lipinski definition) is 0. The minimum atomic E-state index is -4.47. The molecule has 0 unspecified atom stereocenters. The summed E-state index contributed by atoms with van der Waals surface area (Å²) in [5.41, 5.74) is 0.619. The van der Waals surface area contributed by atoms with Crippen molar-refractivity contribution in [3.63, 3.8) is 0 Å². The van der Waals surface area contributed by atoms with Crippen molar-refractivity contribution in [2.24, 2.45) is 7.05 Å². The minimum absolute atomic E-state index is 0.218. The Morgan fingerprint density at radius 3 is 2.58 bits per heavy atom. The van der Waals surface area contributed by atoms with Crippen molar-refractivity contribution in [2.45, 2.75) is 18.0 Å². The molecule has 0 saturated heterocycles. The molecule has 0 aliphatic carbocycles. The Morgan fingerprint density at radius 1 is 1.17 bits per heavy atom. The zero-order valence-electron chi connectivity index (χ0n) is 12.9. The number of imidazole rings is 1. The summed E-state index contributed by atoms with van der Waals surface area (Å²) >= 11 is 5.10. The van der Waals surface area contributed by atoms with Crippen LogP contribution in [0.1, 0.15) is 12.6 Å². The molecule has 3 rings (SSSR count). The Kier molecular flexibility index (Phi) is 4.61. The number of halogens is 4. The molecule has 0 saturated carbocycles. The van der Waals surface area contributed by atoms with Crippen molar-refractivity contribution in [2.75, 3.05) is 5.75 Å². The maximum atomic E-state index is 12.9. The molecule has 1 aromatic carbocycles. The van der Waals surface area contributed by atoms with Crippen LogP contribution in [-0.4, -0.2) is 20.3 Å². The summed E-state index contributed by atoms with van der Waals surface area (Å²) in [4.78, 5) is 9.24. The molecule has 3 nitrogen and oxygen atoms in total. The lowest BCUT2D eigenvalue weighted by atomic mass is 10.2. The molecule has 2 heterocycles. The quantitative estimate of drug-likeness (QED) is 0.527. The number of benzene rings is 1. The molecular formula is C16H13BrF3N3S. The van der Waals surface area contributed by atoms with Gasteiger partial charge >= 0.3 is 6.18 Å². The number of alkyl halides is 3. The van der Waals surface area contributed by atoms with Crippen LogP contribution in [0, 0.1) is 0 Å².